The molecule has 2 aliphatic rings. The van der Waals surface area contributed by atoms with Crippen molar-refractivity contribution >= 4 is 51.1 Å². The Labute approximate surface area is 352 Å². The molecule has 1 amide bonds. The Kier molecular flexibility index (Phi) is 12.6. The van der Waals surface area contributed by atoms with Crippen LogP contribution in [0, 0.1) is 0 Å². The van der Waals surface area contributed by atoms with Crippen LogP contribution in [-0.4, -0.2) is 75.9 Å². The number of amides is 1. The first-order valence-electron chi connectivity index (χ1n) is 19.7. The molecule has 14 heteroatoms. The highest BCUT2D eigenvalue weighted by Gasteiger charge is 2.40. The average Bonchev–Trinajstić information content (AvgIpc) is 3.23. The van der Waals surface area contributed by atoms with Gasteiger partial charge in [0.05, 0.1) is 47.7 Å². The maximum atomic E-state index is 12.6. The molecule has 0 saturated carbocycles. The molecule has 0 bridgehead atoms. The Morgan fingerprint density at radius 3 is 1.56 bits per heavy atom. The maximum Gasteiger partial charge on any atom is 0.410 e. The van der Waals surface area contributed by atoms with Crippen LogP contribution in [-0.2, 0) is 15.6 Å². The van der Waals surface area contributed by atoms with Crippen LogP contribution in [0.4, 0.5) is 4.79 Å². The first-order chi connectivity index (χ1) is 28.3. The quantitative estimate of drug-likeness (QED) is 0.138. The zero-order valence-electron chi connectivity index (χ0n) is 33.4. The number of nitrogens with zero attached hydrogens (tertiary/aromatic N) is 3. The number of carbonyl (C=O) groups is 1. The van der Waals surface area contributed by atoms with Gasteiger partial charge in [0.2, 0.25) is 0 Å². The lowest BCUT2D eigenvalue weighted by molar-refractivity contribution is 0.0133. The highest BCUT2D eigenvalue weighted by Crippen LogP contribution is 2.38. The summed E-state index contributed by atoms with van der Waals surface area (Å²) in [7, 11) is 0. The summed E-state index contributed by atoms with van der Waals surface area (Å²) in [6.07, 6.45) is 5.95. The third-order valence-corrected chi connectivity index (χ3v) is 11.6. The average molecular weight is 840 g/mol. The predicted octanol–water partition coefficient (Wildman–Crippen LogP) is 8.20. The summed E-state index contributed by atoms with van der Waals surface area (Å²) in [4.78, 5) is 51.7. The molecule has 0 atom stereocenters. The van der Waals surface area contributed by atoms with E-state index in [1.54, 1.807) is 29.2 Å². The molecule has 0 spiro atoms. The number of hydrogen-bond acceptors (Lipinski definition) is 9. The van der Waals surface area contributed by atoms with E-state index in [2.05, 4.69) is 37.4 Å². The van der Waals surface area contributed by atoms with E-state index in [-0.39, 0.29) is 28.0 Å². The van der Waals surface area contributed by atoms with Gasteiger partial charge in [0.15, 0.2) is 0 Å². The number of fused-ring (bicyclic) bond motifs is 2. The van der Waals surface area contributed by atoms with Crippen LogP contribution in [0.25, 0.3) is 21.8 Å². The van der Waals surface area contributed by atoms with Crippen molar-refractivity contribution in [2.75, 3.05) is 39.4 Å². The van der Waals surface area contributed by atoms with Crippen molar-refractivity contribution < 1.29 is 19.0 Å². The van der Waals surface area contributed by atoms with E-state index in [4.69, 9.17) is 37.4 Å². The molecule has 3 N–H and O–H groups in total. The highest BCUT2D eigenvalue weighted by atomic mass is 35.5. The van der Waals surface area contributed by atoms with Gasteiger partial charge in [-0.15, -0.1) is 0 Å². The van der Waals surface area contributed by atoms with Gasteiger partial charge in [0.1, 0.15) is 17.1 Å². The van der Waals surface area contributed by atoms with Crippen LogP contribution < -0.4 is 25.9 Å². The predicted molar refractivity (Wildman–Crippen MR) is 231 cm³/mol. The molecular formula is C45H48Cl2N6O6. The second-order valence-corrected chi connectivity index (χ2v) is 17.1. The normalized spacial score (nSPS) is 16.2. The highest BCUT2D eigenvalue weighted by molar-refractivity contribution is 6.30. The molecule has 12 nitrogen and oxygen atoms in total. The summed E-state index contributed by atoms with van der Waals surface area (Å²) in [5.41, 5.74) is 2.39. The molecule has 59 heavy (non-hydrogen) atoms. The van der Waals surface area contributed by atoms with Crippen molar-refractivity contribution in [1.82, 2.24) is 30.2 Å². The standard InChI is InChI=1S/C25H28ClN3O4.C20H20ClN3O2/c1-24(2,3)33-23(31)29-12-10-25(11-13-29,17-4-6-18(26)7-5-17)15-32-19-8-9-20-21(14-19)27-16-28-22(20)30;21-15-3-1-14(2-4-15)20(7-9-22-10-8-20)12-26-16-5-6-17-18(11-16)23-13-24-19(17)25/h4-9,14,16H,10-13,15H2,1-3H3,(H,27,28,30);1-6,11,13,22H,7-10,12H2,(H,23,24,25). The number of benzene rings is 4. The van der Waals surface area contributed by atoms with Crippen LogP contribution in [0.2, 0.25) is 10.0 Å². The van der Waals surface area contributed by atoms with Crippen LogP contribution in [0.1, 0.15) is 57.6 Å². The van der Waals surface area contributed by atoms with Gasteiger partial charge in [-0.25, -0.2) is 14.8 Å². The van der Waals surface area contributed by atoms with Crippen molar-refractivity contribution in [3.05, 3.63) is 139 Å². The van der Waals surface area contributed by atoms with Crippen molar-refractivity contribution in [2.45, 2.75) is 62.9 Å². The lowest BCUT2D eigenvalue weighted by Gasteiger charge is -2.42. The molecule has 0 unspecified atom stereocenters. The van der Waals surface area contributed by atoms with Gasteiger partial charge in [-0.3, -0.25) is 9.59 Å². The SMILES string of the molecule is CC(C)(C)OC(=O)N1CCC(COc2ccc3c(=O)[nH]cnc3c2)(c2ccc(Cl)cc2)CC1.O=c1[nH]cnc2cc(OCC3(c4ccc(Cl)cc4)CCNCC3)ccc12. The lowest BCUT2D eigenvalue weighted by atomic mass is 9.73. The van der Waals surface area contributed by atoms with Gasteiger partial charge in [-0.1, -0.05) is 47.5 Å². The van der Waals surface area contributed by atoms with Crippen molar-refractivity contribution in [3.8, 4) is 11.5 Å². The number of rotatable bonds is 8. The summed E-state index contributed by atoms with van der Waals surface area (Å²) in [5.74, 6) is 1.37. The molecule has 0 aliphatic carbocycles. The van der Waals surface area contributed by atoms with E-state index >= 15 is 0 Å². The van der Waals surface area contributed by atoms with Crippen molar-refractivity contribution in [2.24, 2.45) is 0 Å². The Hall–Kier alpha value is -5.43. The van der Waals surface area contributed by atoms with E-state index in [0.717, 1.165) is 55.1 Å². The topological polar surface area (TPSA) is 152 Å². The summed E-state index contributed by atoms with van der Waals surface area (Å²) < 4.78 is 18.0. The Morgan fingerprint density at radius 1 is 0.678 bits per heavy atom. The number of nitrogens with one attached hydrogen (secondary N) is 3. The first kappa shape index (κ1) is 41.7. The van der Waals surface area contributed by atoms with Gasteiger partial charge in [0, 0.05) is 46.1 Å². The zero-order chi connectivity index (χ0) is 41.6. The second kappa shape index (κ2) is 17.8. The van der Waals surface area contributed by atoms with Crippen LogP contribution in [0.15, 0.2) is 107 Å². The van der Waals surface area contributed by atoms with Gasteiger partial charge < -0.3 is 34.4 Å². The van der Waals surface area contributed by atoms with E-state index in [1.807, 2.05) is 69.3 Å². The van der Waals surface area contributed by atoms with Gasteiger partial charge in [0.25, 0.3) is 11.1 Å². The van der Waals surface area contributed by atoms with Crippen molar-refractivity contribution in [3.63, 3.8) is 0 Å². The van der Waals surface area contributed by atoms with Gasteiger partial charge in [-0.2, -0.15) is 0 Å². The van der Waals surface area contributed by atoms with Crippen LogP contribution in [0.3, 0.4) is 0 Å². The maximum absolute atomic E-state index is 12.6. The Morgan fingerprint density at radius 2 is 1.12 bits per heavy atom. The van der Waals surface area contributed by atoms with Crippen LogP contribution in [0.5, 0.6) is 11.5 Å². The second-order valence-electron chi connectivity index (χ2n) is 16.2. The number of hydrogen-bond donors (Lipinski definition) is 3. The summed E-state index contributed by atoms with van der Waals surface area (Å²) >= 11 is 12.2. The van der Waals surface area contributed by atoms with E-state index in [1.165, 1.54) is 18.2 Å². The molecule has 2 saturated heterocycles. The van der Waals surface area contributed by atoms with Crippen molar-refractivity contribution in [1.29, 1.82) is 0 Å². The third-order valence-electron chi connectivity index (χ3n) is 11.1. The Bertz CT molecular complexity index is 2510. The minimum atomic E-state index is -0.531. The van der Waals surface area contributed by atoms with E-state index in [0.29, 0.717) is 58.9 Å². The molecule has 4 aromatic carbocycles. The molecule has 2 aliphatic heterocycles. The molecule has 6 aromatic rings. The van der Waals surface area contributed by atoms with Crippen LogP contribution >= 0.6 is 23.2 Å². The number of likely N-dealkylation sites (tertiary alicyclic amines) is 1. The first-order valence-corrected chi connectivity index (χ1v) is 20.5. The molecule has 0 radical (unpaired) electrons. The largest absolute Gasteiger partial charge is 0.493 e. The molecule has 308 valence electrons. The number of halogens is 2. The van der Waals surface area contributed by atoms with Gasteiger partial charge >= 0.3 is 6.09 Å². The number of aromatic amines is 2. The molecule has 2 aromatic heterocycles. The molecule has 8 rings (SSSR count). The van der Waals surface area contributed by atoms with E-state index in [9.17, 15) is 14.4 Å². The summed E-state index contributed by atoms with van der Waals surface area (Å²) in [6, 6.07) is 26.6. The number of aromatic nitrogens is 4. The molecular weight excluding hydrogens is 791 g/mol. The number of H-pyrrole nitrogens is 2. The number of carbonyl (C=O) groups excluding carboxylic acids is 1. The smallest absolute Gasteiger partial charge is 0.410 e. The fraction of sp³-hybridized carbons (Fsp3) is 0.356. The number of ether oxygens (including phenoxy) is 3. The minimum Gasteiger partial charge on any atom is -0.493 e. The zero-order valence-corrected chi connectivity index (χ0v) is 34.9. The number of piperidine rings is 2. The Balaban J connectivity index is 0.000000184. The molecule has 4 heterocycles. The van der Waals surface area contributed by atoms with E-state index < -0.39 is 5.60 Å². The third kappa shape index (κ3) is 10.1. The van der Waals surface area contributed by atoms with Gasteiger partial charge in [-0.05, 0) is 119 Å². The summed E-state index contributed by atoms with van der Waals surface area (Å²) in [6.45, 7) is 9.65. The lowest BCUT2D eigenvalue weighted by Crippen LogP contribution is -2.49. The fourth-order valence-corrected chi connectivity index (χ4v) is 7.96. The summed E-state index contributed by atoms with van der Waals surface area (Å²) in [5, 5.41) is 5.91. The fourth-order valence-electron chi connectivity index (χ4n) is 7.71. The molecule has 2 fully saturated rings. The monoisotopic (exact) mass is 838 g/mol. The minimum absolute atomic E-state index is 0.0492.